The Morgan fingerprint density at radius 1 is 1.24 bits per heavy atom. The molecule has 3 aromatic rings. The molecule has 1 fully saturated rings. The molecule has 130 valence electrons. The second-order valence-electron chi connectivity index (χ2n) is 6.01. The Morgan fingerprint density at radius 2 is 2.04 bits per heavy atom. The van der Waals surface area contributed by atoms with Crippen molar-refractivity contribution in [2.75, 3.05) is 18.0 Å². The van der Waals surface area contributed by atoms with Gasteiger partial charge in [0.2, 0.25) is 10.1 Å². The van der Waals surface area contributed by atoms with Crippen LogP contribution in [-0.2, 0) is 0 Å². The fourth-order valence-electron chi connectivity index (χ4n) is 2.89. The molecule has 7 nitrogen and oxygen atoms in total. The van der Waals surface area contributed by atoms with Gasteiger partial charge < -0.3 is 10.2 Å². The molecule has 1 aliphatic rings. The average Bonchev–Trinajstić information content (AvgIpc) is 3.23. The Kier molecular flexibility index (Phi) is 4.26. The lowest BCUT2D eigenvalue weighted by atomic mass is 10.1. The molecule has 3 aromatic heterocycles. The lowest BCUT2D eigenvalue weighted by Gasteiger charge is -2.31. The smallest absolute Gasteiger partial charge is 0.275 e. The van der Waals surface area contributed by atoms with Gasteiger partial charge in [-0.25, -0.2) is 4.98 Å². The van der Waals surface area contributed by atoms with Gasteiger partial charge in [-0.3, -0.25) is 9.59 Å². The summed E-state index contributed by atoms with van der Waals surface area (Å²) in [5.41, 5.74) is -0.166. The predicted octanol–water partition coefficient (Wildman–Crippen LogP) is 1.92. The van der Waals surface area contributed by atoms with Crippen molar-refractivity contribution >= 4 is 38.7 Å². The first-order chi connectivity index (χ1) is 12.1. The number of nitrogens with zero attached hydrogens (tertiary/aromatic N) is 4. The minimum atomic E-state index is -0.166. The fourth-order valence-corrected chi connectivity index (χ4v) is 4.59. The summed E-state index contributed by atoms with van der Waals surface area (Å²) in [6.07, 6.45) is 3.22. The van der Waals surface area contributed by atoms with Crippen molar-refractivity contribution in [2.24, 2.45) is 0 Å². The van der Waals surface area contributed by atoms with Crippen molar-refractivity contribution in [3.8, 4) is 0 Å². The molecule has 0 radical (unpaired) electrons. The third-order valence-corrected chi connectivity index (χ3v) is 6.21. The molecule has 9 heteroatoms. The molecule has 1 N–H and O–H groups in total. The monoisotopic (exact) mass is 375 g/mol. The largest absolute Gasteiger partial charge is 0.348 e. The summed E-state index contributed by atoms with van der Waals surface area (Å²) < 4.78 is 1.34. The third-order valence-electron chi connectivity index (χ3n) is 4.22. The van der Waals surface area contributed by atoms with Crippen molar-refractivity contribution in [3.63, 3.8) is 0 Å². The maximum atomic E-state index is 12.3. The van der Waals surface area contributed by atoms with E-state index >= 15 is 0 Å². The van der Waals surface area contributed by atoms with Gasteiger partial charge in [0.25, 0.3) is 11.5 Å². The molecular formula is C16H17N5O2S2. The van der Waals surface area contributed by atoms with Gasteiger partial charge in [0, 0.05) is 36.3 Å². The SMILES string of the molecule is Cc1ccc(C(=O)NC2CCN(c3nn4c(=O)ccnc4s3)CC2)s1. The van der Waals surface area contributed by atoms with Crippen LogP contribution in [0.2, 0.25) is 0 Å². The van der Waals surface area contributed by atoms with Crippen LogP contribution in [-0.4, -0.2) is 39.6 Å². The summed E-state index contributed by atoms with van der Waals surface area (Å²) in [6, 6.07) is 5.41. The van der Waals surface area contributed by atoms with Crippen molar-refractivity contribution < 1.29 is 4.79 Å². The first-order valence-corrected chi connectivity index (χ1v) is 9.70. The third kappa shape index (κ3) is 3.29. The number of anilines is 1. The minimum Gasteiger partial charge on any atom is -0.348 e. The average molecular weight is 375 g/mol. The summed E-state index contributed by atoms with van der Waals surface area (Å²) in [5.74, 6) is 0.00675. The Bertz CT molecular complexity index is 968. The van der Waals surface area contributed by atoms with E-state index in [2.05, 4.69) is 20.3 Å². The topological polar surface area (TPSA) is 79.6 Å². The van der Waals surface area contributed by atoms with E-state index in [-0.39, 0.29) is 17.5 Å². The van der Waals surface area contributed by atoms with Gasteiger partial charge in [-0.2, -0.15) is 4.52 Å². The van der Waals surface area contributed by atoms with Gasteiger partial charge in [-0.15, -0.1) is 16.4 Å². The van der Waals surface area contributed by atoms with Crippen LogP contribution in [0.15, 0.2) is 29.2 Å². The van der Waals surface area contributed by atoms with E-state index in [1.807, 2.05) is 19.1 Å². The second kappa shape index (κ2) is 6.57. The van der Waals surface area contributed by atoms with Crippen molar-refractivity contribution in [1.29, 1.82) is 0 Å². The summed E-state index contributed by atoms with van der Waals surface area (Å²) in [4.78, 5) is 32.9. The van der Waals surface area contributed by atoms with Crippen molar-refractivity contribution in [2.45, 2.75) is 25.8 Å². The molecule has 0 saturated carbocycles. The highest BCUT2D eigenvalue weighted by Gasteiger charge is 2.24. The summed E-state index contributed by atoms with van der Waals surface area (Å²) in [7, 11) is 0. The molecular weight excluding hydrogens is 358 g/mol. The van der Waals surface area contributed by atoms with Crippen LogP contribution in [0, 0.1) is 6.92 Å². The number of fused-ring (bicyclic) bond motifs is 1. The van der Waals surface area contributed by atoms with Gasteiger partial charge in [0.1, 0.15) is 0 Å². The van der Waals surface area contributed by atoms with Gasteiger partial charge in [0.15, 0.2) is 0 Å². The molecule has 0 spiro atoms. The molecule has 1 aliphatic heterocycles. The first kappa shape index (κ1) is 16.2. The normalized spacial score (nSPS) is 15.6. The number of rotatable bonds is 3. The molecule has 0 atom stereocenters. The quantitative estimate of drug-likeness (QED) is 0.757. The molecule has 0 unspecified atom stereocenters. The Morgan fingerprint density at radius 3 is 2.72 bits per heavy atom. The number of aryl methyl sites for hydroxylation is 1. The molecule has 25 heavy (non-hydrogen) atoms. The number of thiophene rings is 1. The van der Waals surface area contributed by atoms with E-state index in [0.29, 0.717) is 4.96 Å². The van der Waals surface area contributed by atoms with Crippen LogP contribution in [0.4, 0.5) is 5.13 Å². The van der Waals surface area contributed by atoms with Gasteiger partial charge >= 0.3 is 0 Å². The summed E-state index contributed by atoms with van der Waals surface area (Å²) in [5, 5.41) is 8.29. The molecule has 1 amide bonds. The number of aromatic nitrogens is 3. The first-order valence-electron chi connectivity index (χ1n) is 8.07. The Labute approximate surface area is 151 Å². The van der Waals surface area contributed by atoms with Gasteiger partial charge in [-0.1, -0.05) is 11.3 Å². The number of carbonyl (C=O) groups excluding carboxylic acids is 1. The van der Waals surface area contributed by atoms with E-state index in [1.165, 1.54) is 39.5 Å². The van der Waals surface area contributed by atoms with Crippen molar-refractivity contribution in [3.05, 3.63) is 44.5 Å². The zero-order valence-electron chi connectivity index (χ0n) is 13.6. The lowest BCUT2D eigenvalue weighted by Crippen LogP contribution is -2.44. The van der Waals surface area contributed by atoms with Gasteiger partial charge in [0.05, 0.1) is 4.88 Å². The molecule has 4 heterocycles. The zero-order valence-corrected chi connectivity index (χ0v) is 15.3. The second-order valence-corrected chi connectivity index (χ2v) is 8.23. The highest BCUT2D eigenvalue weighted by atomic mass is 32.1. The molecule has 4 rings (SSSR count). The maximum absolute atomic E-state index is 12.3. The van der Waals surface area contributed by atoms with Crippen LogP contribution < -0.4 is 15.8 Å². The lowest BCUT2D eigenvalue weighted by molar-refractivity contribution is 0.0935. The Balaban J connectivity index is 1.40. The maximum Gasteiger partial charge on any atom is 0.275 e. The van der Waals surface area contributed by atoms with Crippen molar-refractivity contribution in [1.82, 2.24) is 19.9 Å². The summed E-state index contributed by atoms with van der Waals surface area (Å²) >= 11 is 2.93. The number of carbonyl (C=O) groups is 1. The molecule has 1 saturated heterocycles. The van der Waals surface area contributed by atoms with Crippen LogP contribution >= 0.6 is 22.7 Å². The number of hydrogen-bond acceptors (Lipinski definition) is 7. The van der Waals surface area contributed by atoms with Gasteiger partial charge in [-0.05, 0) is 31.9 Å². The molecule has 0 aromatic carbocycles. The molecule has 0 bridgehead atoms. The van der Waals surface area contributed by atoms with E-state index < -0.39 is 0 Å². The number of piperidine rings is 1. The summed E-state index contributed by atoms with van der Waals surface area (Å²) in [6.45, 7) is 3.59. The number of amides is 1. The minimum absolute atomic E-state index is 0.00675. The van der Waals surface area contributed by atoms with Crippen LogP contribution in [0.5, 0.6) is 0 Å². The number of nitrogens with one attached hydrogen (secondary N) is 1. The van der Waals surface area contributed by atoms with Crippen LogP contribution in [0.25, 0.3) is 4.96 Å². The van der Waals surface area contributed by atoms with E-state index in [9.17, 15) is 9.59 Å². The molecule has 0 aliphatic carbocycles. The zero-order chi connectivity index (χ0) is 17.4. The van der Waals surface area contributed by atoms with E-state index in [4.69, 9.17) is 0 Å². The van der Waals surface area contributed by atoms with E-state index in [0.717, 1.165) is 40.8 Å². The van der Waals surface area contributed by atoms with Crippen LogP contribution in [0.3, 0.4) is 0 Å². The van der Waals surface area contributed by atoms with E-state index in [1.54, 1.807) is 0 Å². The Hall–Kier alpha value is -2.26. The highest BCUT2D eigenvalue weighted by Crippen LogP contribution is 2.24. The highest BCUT2D eigenvalue weighted by molar-refractivity contribution is 7.20. The predicted molar refractivity (Wildman–Crippen MR) is 98.9 cm³/mol. The number of hydrogen-bond donors (Lipinski definition) is 1. The fraction of sp³-hybridized carbons (Fsp3) is 0.375. The van der Waals surface area contributed by atoms with Crippen LogP contribution in [0.1, 0.15) is 27.4 Å². The standard InChI is InChI=1S/C16H17N5O2S2/c1-10-2-3-12(24-10)14(23)18-11-5-8-20(9-6-11)16-19-21-13(22)4-7-17-15(21)25-16/h2-4,7,11H,5-6,8-9H2,1H3,(H,18,23).